The maximum atomic E-state index is 13.7. The van der Waals surface area contributed by atoms with E-state index in [0.29, 0.717) is 30.3 Å². The van der Waals surface area contributed by atoms with E-state index in [1.807, 2.05) is 11.5 Å². The molecule has 3 aliphatic heterocycles. The van der Waals surface area contributed by atoms with Crippen molar-refractivity contribution in [2.75, 3.05) is 57.3 Å². The zero-order chi connectivity index (χ0) is 53.5. The number of H-pyrrole nitrogens is 1. The number of hydrogen-bond donors (Lipinski definition) is 10. The number of nitrogen functional groups attached to an aromatic ring is 2. The Labute approximate surface area is 420 Å². The molecule has 0 spiro atoms. The van der Waals surface area contributed by atoms with Crippen LogP contribution in [0.5, 0.6) is 0 Å². The molecule has 12 atom stereocenters. The van der Waals surface area contributed by atoms with Gasteiger partial charge in [0.1, 0.15) is 60.1 Å². The topological polar surface area (TPSA) is 473 Å². The van der Waals surface area contributed by atoms with Crippen LogP contribution in [0, 0.1) is 6.92 Å². The standard InChI is InChI=1S/C35H48N14O20P4S/c1-16-8-47(9-18-7-39-17(2)44-28(18)36)15-74-21(16)5-6-62-71(55,56)68-73(59,60)69-72(57,58)64-11-20-26(27(61-4)34(66-20)48-13-42-22-29(38-3)40-12-41-30(22)48)67-70(53,54)63-10-19-24(50)25(51)33(65-19)49-14-43-23-31(49)45-35(37)46-32(23)52/h7,12-15,19-20,24-27,33-34,50-51H,5-6,8-11H2,1-4H3,(H9-,36,37,38,39,40,41,44,45,46,52,53,54,55,56,57,58,59,60)/p+1. The molecular weight excluding hydrogens is 1090 g/mol. The lowest BCUT2D eigenvalue weighted by Crippen LogP contribution is -2.38. The number of phosphoric acid groups is 4. The molecule has 12 unspecified atom stereocenters. The minimum Gasteiger partial charge on any atom is -0.387 e. The first-order valence-corrected chi connectivity index (χ1v) is 28.4. The third-order valence-electron chi connectivity index (χ3n) is 11.2. The molecule has 2 saturated heterocycles. The molecule has 34 nitrogen and oxygen atoms in total. The summed E-state index contributed by atoms with van der Waals surface area (Å²) in [4.78, 5) is 86.6. The molecular formula is C35H49N14O20P4S+. The molecule has 0 aliphatic carbocycles. The van der Waals surface area contributed by atoms with E-state index in [2.05, 4.69) is 53.8 Å². The summed E-state index contributed by atoms with van der Waals surface area (Å²) in [5.74, 6) is 0.855. The molecule has 5 aromatic heterocycles. The van der Waals surface area contributed by atoms with Gasteiger partial charge in [-0.05, 0) is 25.6 Å². The fraction of sp³-hybridized carbons (Fsp3) is 0.514. The van der Waals surface area contributed by atoms with E-state index in [4.69, 9.17) is 43.8 Å². The number of hydrogen-bond acceptors (Lipinski definition) is 27. The summed E-state index contributed by atoms with van der Waals surface area (Å²) in [7, 11) is -20.0. The first-order valence-electron chi connectivity index (χ1n) is 21.5. The van der Waals surface area contributed by atoms with Crippen LogP contribution in [0.2, 0.25) is 0 Å². The number of nitrogens with one attached hydrogen (secondary N) is 2. The van der Waals surface area contributed by atoms with E-state index in [9.17, 15) is 52.8 Å². The minimum atomic E-state index is -5.99. The smallest absolute Gasteiger partial charge is 0.387 e. The number of imidazole rings is 2. The van der Waals surface area contributed by atoms with Gasteiger partial charge in [-0.15, -0.1) is 0 Å². The molecule has 0 radical (unpaired) electrons. The number of aliphatic hydroxyl groups excluding tert-OH is 2. The number of fused-ring (bicyclic) bond motifs is 2. The van der Waals surface area contributed by atoms with Crippen molar-refractivity contribution < 1.29 is 93.5 Å². The zero-order valence-corrected chi connectivity index (χ0v) is 43.4. The Bertz CT molecular complexity index is 3240. The number of nitrogens with zero attached hydrogens (tertiary/aromatic N) is 10. The van der Waals surface area contributed by atoms with E-state index in [1.54, 1.807) is 25.7 Å². The lowest BCUT2D eigenvalue weighted by atomic mass is 10.1. The molecule has 74 heavy (non-hydrogen) atoms. The van der Waals surface area contributed by atoms with E-state index in [0.717, 1.165) is 28.5 Å². The Balaban J connectivity index is 0.911. The van der Waals surface area contributed by atoms with E-state index in [-0.39, 0.29) is 40.5 Å². The number of methoxy groups -OCH3 is 1. The van der Waals surface area contributed by atoms with Gasteiger partial charge in [0, 0.05) is 37.3 Å². The molecule has 8 heterocycles. The first kappa shape index (κ1) is 55.7. The van der Waals surface area contributed by atoms with Gasteiger partial charge < -0.3 is 60.8 Å². The first-order chi connectivity index (χ1) is 34.9. The highest BCUT2D eigenvalue weighted by Crippen LogP contribution is 2.68. The number of aryl methyl sites for hydroxylation is 1. The number of anilines is 3. The number of aliphatic hydroxyl groups is 2. The Kier molecular flexibility index (Phi) is 16.7. The monoisotopic (exact) mass is 1140 g/mol. The lowest BCUT2D eigenvalue weighted by molar-refractivity contribution is -0.529. The second-order valence-corrected chi connectivity index (χ2v) is 23.3. The van der Waals surface area contributed by atoms with E-state index < -0.39 is 106 Å². The molecule has 8 rings (SSSR count). The van der Waals surface area contributed by atoms with Crippen LogP contribution >= 0.6 is 43.1 Å². The van der Waals surface area contributed by atoms with Crippen molar-refractivity contribution in [2.24, 2.45) is 0 Å². The summed E-state index contributed by atoms with van der Waals surface area (Å²) in [6.07, 6.45) is -7.77. The van der Waals surface area contributed by atoms with Crippen molar-refractivity contribution in [3.8, 4) is 0 Å². The number of thioether (sulfide) groups is 1. The minimum absolute atomic E-state index is 0.0449. The van der Waals surface area contributed by atoms with Gasteiger partial charge in [-0.1, -0.05) is 0 Å². The van der Waals surface area contributed by atoms with Crippen molar-refractivity contribution in [2.45, 2.75) is 75.9 Å². The summed E-state index contributed by atoms with van der Waals surface area (Å²) in [5, 5.41) is 24.6. The predicted octanol–water partition coefficient (Wildman–Crippen LogP) is 0.317. The maximum Gasteiger partial charge on any atom is 0.490 e. The summed E-state index contributed by atoms with van der Waals surface area (Å²) >= 11 is 1.29. The highest BCUT2D eigenvalue weighted by Gasteiger charge is 2.53. The summed E-state index contributed by atoms with van der Waals surface area (Å²) in [5.41, 5.74) is 14.4. The number of phosphoric ester groups is 3. The molecule has 39 heteroatoms. The third-order valence-corrected chi connectivity index (χ3v) is 17.7. The number of aromatic amines is 1. The summed E-state index contributed by atoms with van der Waals surface area (Å²) < 4.78 is 104. The Morgan fingerprint density at radius 3 is 2.19 bits per heavy atom. The SMILES string of the molecule is CNc1ncnc2c1ncn2C1OC(COP(=O)(O)OP(=O)(O)OP(=O)(O)OCCC2=C(C)C[N+](Cc3cnc(C)nc3N)=CS2)C(OP(=O)(O)OCC2OC(n3cnc4c(=O)[nH]c(N)nc43)C(O)C2O)C1OC. The van der Waals surface area contributed by atoms with Gasteiger partial charge in [-0.25, -0.2) is 52.7 Å². The Morgan fingerprint density at radius 2 is 1.50 bits per heavy atom. The van der Waals surface area contributed by atoms with Crippen molar-refractivity contribution >= 4 is 88.5 Å². The molecule has 404 valence electrons. The zero-order valence-electron chi connectivity index (χ0n) is 39.0. The fourth-order valence-corrected chi connectivity index (χ4v) is 13.2. The molecule has 0 aromatic carbocycles. The normalized spacial score (nSPS) is 26.7. The number of nitrogens with two attached hydrogens (primary N) is 2. The summed E-state index contributed by atoms with van der Waals surface area (Å²) in [6, 6.07) is 0. The summed E-state index contributed by atoms with van der Waals surface area (Å²) in [6.45, 7) is 1.77. The van der Waals surface area contributed by atoms with Crippen molar-refractivity contribution in [1.29, 1.82) is 0 Å². The average Bonchev–Trinajstić information content (AvgIpc) is 4.09. The van der Waals surface area contributed by atoms with Crippen LogP contribution in [0.3, 0.4) is 0 Å². The highest BCUT2D eigenvalue weighted by atomic mass is 32.2. The molecule has 0 bridgehead atoms. The van der Waals surface area contributed by atoms with Crippen LogP contribution in [0.4, 0.5) is 17.6 Å². The van der Waals surface area contributed by atoms with Crippen molar-refractivity contribution in [3.63, 3.8) is 0 Å². The van der Waals surface area contributed by atoms with Gasteiger partial charge in [0.15, 0.2) is 48.2 Å². The van der Waals surface area contributed by atoms with Crippen LogP contribution in [0.15, 0.2) is 40.5 Å². The molecule has 3 aliphatic rings. The van der Waals surface area contributed by atoms with Crippen molar-refractivity contribution in [1.82, 2.24) is 49.0 Å². The van der Waals surface area contributed by atoms with Gasteiger partial charge in [-0.3, -0.25) is 37.0 Å². The molecule has 12 N–H and O–H groups in total. The maximum absolute atomic E-state index is 13.7. The van der Waals surface area contributed by atoms with Crippen molar-refractivity contribution in [3.05, 3.63) is 57.4 Å². The molecule has 2 fully saturated rings. The fourth-order valence-electron chi connectivity index (χ4n) is 7.87. The van der Waals surface area contributed by atoms with E-state index >= 15 is 0 Å². The van der Waals surface area contributed by atoms with Gasteiger partial charge >= 0.3 is 31.3 Å². The second kappa shape index (κ2) is 22.2. The third kappa shape index (κ3) is 12.7. The molecule has 0 amide bonds. The lowest BCUT2D eigenvalue weighted by Gasteiger charge is -2.26. The van der Waals surface area contributed by atoms with Gasteiger partial charge in [0.05, 0.1) is 38.0 Å². The van der Waals surface area contributed by atoms with Crippen LogP contribution in [0.1, 0.15) is 37.2 Å². The Morgan fingerprint density at radius 1 is 0.838 bits per heavy atom. The molecule has 5 aromatic rings. The number of ether oxygens (including phenoxy) is 3. The number of aromatic nitrogens is 10. The van der Waals surface area contributed by atoms with Gasteiger partial charge in [-0.2, -0.15) is 13.6 Å². The van der Waals surface area contributed by atoms with E-state index in [1.165, 1.54) is 29.0 Å². The number of rotatable bonds is 22. The predicted molar refractivity (Wildman–Crippen MR) is 253 cm³/mol. The quantitative estimate of drug-likeness (QED) is 0.0329. The Hall–Kier alpha value is -4.54. The molecule has 0 saturated carbocycles. The van der Waals surface area contributed by atoms with Crippen LogP contribution in [-0.4, -0.2) is 166 Å². The van der Waals surface area contributed by atoms with Crippen LogP contribution in [-0.2, 0) is 65.7 Å². The van der Waals surface area contributed by atoms with Crippen LogP contribution < -0.4 is 22.3 Å². The average molecular weight is 1140 g/mol. The second-order valence-electron chi connectivity index (χ2n) is 16.3. The van der Waals surface area contributed by atoms with Gasteiger partial charge in [0.25, 0.3) is 5.56 Å². The van der Waals surface area contributed by atoms with Gasteiger partial charge in [0.2, 0.25) is 11.5 Å². The van der Waals surface area contributed by atoms with Crippen LogP contribution in [0.25, 0.3) is 22.3 Å². The largest absolute Gasteiger partial charge is 0.490 e. The highest BCUT2D eigenvalue weighted by molar-refractivity contribution is 8.15.